The van der Waals surface area contributed by atoms with Gasteiger partial charge in [-0.25, -0.2) is 4.79 Å². The van der Waals surface area contributed by atoms with Gasteiger partial charge in [0.15, 0.2) is 0 Å². The molecule has 0 spiro atoms. The van der Waals surface area contributed by atoms with Crippen LogP contribution in [-0.4, -0.2) is 19.2 Å². The first kappa shape index (κ1) is 9.76. The van der Waals surface area contributed by atoms with Crippen molar-refractivity contribution in [1.82, 2.24) is 5.32 Å². The van der Waals surface area contributed by atoms with Crippen LogP contribution < -0.4 is 5.32 Å². The maximum absolute atomic E-state index is 10.6. The van der Waals surface area contributed by atoms with Gasteiger partial charge in [0.05, 0.1) is 13.2 Å². The van der Waals surface area contributed by atoms with Crippen molar-refractivity contribution in [3.05, 3.63) is 0 Å². The summed E-state index contributed by atoms with van der Waals surface area (Å²) in [6.07, 6.45) is -0.565. The van der Waals surface area contributed by atoms with Crippen molar-refractivity contribution < 1.29 is 9.53 Å². The molecule has 11 heavy (non-hydrogen) atoms. The summed E-state index contributed by atoms with van der Waals surface area (Å²) in [5, 5.41) is 10.9. The van der Waals surface area contributed by atoms with Gasteiger partial charge in [-0.3, -0.25) is 0 Å². The summed E-state index contributed by atoms with van der Waals surface area (Å²) in [6, 6.07) is 1.48. The van der Waals surface area contributed by atoms with Crippen molar-refractivity contribution in [2.75, 3.05) is 7.11 Å². The third-order valence-corrected chi connectivity index (χ3v) is 1.26. The highest BCUT2D eigenvalue weighted by Crippen LogP contribution is 1.99. The average molecular weight is 156 g/mol. The van der Waals surface area contributed by atoms with E-state index in [4.69, 9.17) is 5.26 Å². The van der Waals surface area contributed by atoms with Crippen LogP contribution in [0, 0.1) is 17.2 Å². The summed E-state index contributed by atoms with van der Waals surface area (Å²) in [5.74, 6) is 0.0964. The maximum Gasteiger partial charge on any atom is 0.407 e. The summed E-state index contributed by atoms with van der Waals surface area (Å²) in [4.78, 5) is 10.6. The van der Waals surface area contributed by atoms with Crippen LogP contribution in [-0.2, 0) is 4.74 Å². The molecule has 0 unspecified atom stereocenters. The van der Waals surface area contributed by atoms with E-state index in [9.17, 15) is 4.79 Å². The highest BCUT2D eigenvalue weighted by atomic mass is 16.5. The van der Waals surface area contributed by atoms with Gasteiger partial charge in [-0.1, -0.05) is 13.8 Å². The molecule has 0 heterocycles. The molecule has 0 saturated carbocycles. The third-order valence-electron chi connectivity index (χ3n) is 1.26. The van der Waals surface area contributed by atoms with Crippen molar-refractivity contribution in [2.24, 2.45) is 5.92 Å². The molecule has 0 saturated heterocycles. The minimum Gasteiger partial charge on any atom is -0.453 e. The number of alkyl carbamates (subject to hydrolysis) is 1. The number of amides is 1. The zero-order chi connectivity index (χ0) is 8.85. The maximum atomic E-state index is 10.6. The third kappa shape index (κ3) is 3.46. The molecule has 62 valence electrons. The summed E-state index contributed by atoms with van der Waals surface area (Å²) >= 11 is 0. The Balaban J connectivity index is 3.91. The Hall–Kier alpha value is -1.24. The average Bonchev–Trinajstić information content (AvgIpc) is 1.99. The van der Waals surface area contributed by atoms with Gasteiger partial charge in [-0.2, -0.15) is 5.26 Å². The number of nitrogens with one attached hydrogen (secondary N) is 1. The smallest absolute Gasteiger partial charge is 0.407 e. The van der Waals surface area contributed by atoms with Crippen LogP contribution in [0.4, 0.5) is 4.79 Å². The summed E-state index contributed by atoms with van der Waals surface area (Å²) in [5.41, 5.74) is 0. The van der Waals surface area contributed by atoms with Crippen molar-refractivity contribution in [3.8, 4) is 6.07 Å². The monoisotopic (exact) mass is 156 g/mol. The molecule has 4 heteroatoms. The lowest BCUT2D eigenvalue weighted by Gasteiger charge is -2.12. The number of hydrogen-bond donors (Lipinski definition) is 1. The molecule has 0 rings (SSSR count). The van der Waals surface area contributed by atoms with Crippen molar-refractivity contribution in [1.29, 1.82) is 5.26 Å². The van der Waals surface area contributed by atoms with Crippen molar-refractivity contribution >= 4 is 6.09 Å². The molecule has 0 bridgehead atoms. The normalized spacial score (nSPS) is 11.9. The first-order chi connectivity index (χ1) is 5.11. The van der Waals surface area contributed by atoms with Crippen LogP contribution >= 0.6 is 0 Å². The van der Waals surface area contributed by atoms with E-state index in [0.717, 1.165) is 0 Å². The fourth-order valence-corrected chi connectivity index (χ4v) is 0.534. The Labute approximate surface area is 66.1 Å². The van der Waals surface area contributed by atoms with Gasteiger partial charge in [0.2, 0.25) is 0 Å². The summed E-state index contributed by atoms with van der Waals surface area (Å²) < 4.78 is 4.33. The molecule has 0 aromatic heterocycles. The van der Waals surface area contributed by atoms with E-state index in [1.807, 2.05) is 19.9 Å². The number of carbonyl (C=O) groups excluding carboxylic acids is 1. The minimum absolute atomic E-state index is 0.0964. The first-order valence-electron chi connectivity index (χ1n) is 3.36. The predicted molar refractivity (Wildman–Crippen MR) is 39.8 cm³/mol. The largest absolute Gasteiger partial charge is 0.453 e. The lowest BCUT2D eigenvalue weighted by Crippen LogP contribution is -2.37. The van der Waals surface area contributed by atoms with E-state index in [0.29, 0.717) is 0 Å². The molecule has 4 nitrogen and oxygen atoms in total. The van der Waals surface area contributed by atoms with Gasteiger partial charge < -0.3 is 10.1 Å². The Bertz CT molecular complexity index is 172. The molecule has 0 aromatic carbocycles. The van der Waals surface area contributed by atoms with Gasteiger partial charge >= 0.3 is 6.09 Å². The molecule has 1 atom stereocenters. The molecule has 0 aliphatic carbocycles. The topological polar surface area (TPSA) is 62.1 Å². The fourth-order valence-electron chi connectivity index (χ4n) is 0.534. The number of rotatable bonds is 2. The minimum atomic E-state index is -0.565. The first-order valence-corrected chi connectivity index (χ1v) is 3.36. The number of carbonyl (C=O) groups is 1. The second kappa shape index (κ2) is 4.56. The lowest BCUT2D eigenvalue weighted by molar-refractivity contribution is 0.166. The van der Waals surface area contributed by atoms with E-state index in [-0.39, 0.29) is 5.92 Å². The van der Waals surface area contributed by atoms with E-state index in [1.165, 1.54) is 7.11 Å². The quantitative estimate of drug-likeness (QED) is 0.645. The Morgan fingerprint density at radius 2 is 2.18 bits per heavy atom. The summed E-state index contributed by atoms with van der Waals surface area (Å²) in [7, 11) is 1.27. The molecule has 0 radical (unpaired) electrons. The zero-order valence-electron chi connectivity index (χ0n) is 6.92. The molecule has 0 fully saturated rings. The van der Waals surface area contributed by atoms with Crippen molar-refractivity contribution in [3.63, 3.8) is 0 Å². The van der Waals surface area contributed by atoms with Crippen LogP contribution in [0.15, 0.2) is 0 Å². The lowest BCUT2D eigenvalue weighted by atomic mass is 10.1. The highest BCUT2D eigenvalue weighted by molar-refractivity contribution is 5.67. The molecule has 0 aliphatic heterocycles. The highest BCUT2D eigenvalue weighted by Gasteiger charge is 2.14. The van der Waals surface area contributed by atoms with Crippen LogP contribution in [0.3, 0.4) is 0 Å². The molecule has 0 aliphatic rings. The van der Waals surface area contributed by atoms with E-state index >= 15 is 0 Å². The van der Waals surface area contributed by atoms with Gasteiger partial charge in [0.25, 0.3) is 0 Å². The van der Waals surface area contributed by atoms with E-state index in [1.54, 1.807) is 0 Å². The fraction of sp³-hybridized carbons (Fsp3) is 0.714. The molecular formula is C7H12N2O2. The molecular weight excluding hydrogens is 144 g/mol. The Kier molecular flexibility index (Phi) is 4.04. The second-order valence-corrected chi connectivity index (χ2v) is 2.49. The standard InChI is InChI=1S/C7H12N2O2/c1-5(2)6(4-8)9-7(10)11-3/h5-6H,1-3H3,(H,9,10)/t6-/m0/s1. The number of hydrogen-bond acceptors (Lipinski definition) is 3. The second-order valence-electron chi connectivity index (χ2n) is 2.49. The Morgan fingerprint density at radius 1 is 1.64 bits per heavy atom. The van der Waals surface area contributed by atoms with Crippen LogP contribution in [0.2, 0.25) is 0 Å². The molecule has 0 aromatic rings. The number of nitrogens with zero attached hydrogens (tertiary/aromatic N) is 1. The van der Waals surface area contributed by atoms with Gasteiger partial charge in [-0.15, -0.1) is 0 Å². The van der Waals surface area contributed by atoms with Gasteiger partial charge in [0.1, 0.15) is 6.04 Å². The molecule has 1 N–H and O–H groups in total. The number of methoxy groups -OCH3 is 1. The number of nitriles is 1. The Morgan fingerprint density at radius 3 is 2.45 bits per heavy atom. The van der Waals surface area contributed by atoms with E-state index < -0.39 is 12.1 Å². The van der Waals surface area contributed by atoms with Crippen LogP contribution in [0.1, 0.15) is 13.8 Å². The number of ether oxygens (including phenoxy) is 1. The predicted octanol–water partition coefficient (Wildman–Crippen LogP) is 0.891. The summed E-state index contributed by atoms with van der Waals surface area (Å²) in [6.45, 7) is 3.70. The SMILES string of the molecule is COC(=O)N[C@@H](C#N)C(C)C. The van der Waals surface area contributed by atoms with Gasteiger partial charge in [0, 0.05) is 0 Å². The van der Waals surface area contributed by atoms with Crippen LogP contribution in [0.25, 0.3) is 0 Å². The van der Waals surface area contributed by atoms with E-state index in [2.05, 4.69) is 10.1 Å². The van der Waals surface area contributed by atoms with Gasteiger partial charge in [-0.05, 0) is 5.92 Å². The van der Waals surface area contributed by atoms with Crippen LogP contribution in [0.5, 0.6) is 0 Å². The van der Waals surface area contributed by atoms with Crippen molar-refractivity contribution in [2.45, 2.75) is 19.9 Å². The molecule has 1 amide bonds. The zero-order valence-corrected chi connectivity index (χ0v) is 6.92.